The maximum atomic E-state index is 13.1. The van der Waals surface area contributed by atoms with E-state index in [1.165, 1.54) is 38.0 Å². The fraction of sp³-hybridized carbons (Fsp3) is 0.696. The van der Waals surface area contributed by atoms with E-state index < -0.39 is 0 Å². The smallest absolute Gasteiger partial charge is 0.231 e. The molecule has 0 spiro atoms. The van der Waals surface area contributed by atoms with Crippen molar-refractivity contribution in [1.82, 2.24) is 0 Å². The molecule has 0 aromatic heterocycles. The lowest BCUT2D eigenvalue weighted by atomic mass is 10.1. The molecule has 0 aliphatic carbocycles. The van der Waals surface area contributed by atoms with Crippen LogP contribution in [-0.4, -0.2) is 23.9 Å². The zero-order valence-electron chi connectivity index (χ0n) is 18.3. The molecule has 1 N–H and O–H groups in total. The van der Waals surface area contributed by atoms with Gasteiger partial charge in [-0.3, -0.25) is 4.79 Å². The van der Waals surface area contributed by atoms with Crippen molar-refractivity contribution >= 4 is 19.5 Å². The molecule has 26 heavy (non-hydrogen) atoms. The number of aryl methyl sites for hydroxylation is 2. The van der Waals surface area contributed by atoms with E-state index in [1.54, 1.807) is 0 Å². The van der Waals surface area contributed by atoms with Gasteiger partial charge in [0, 0.05) is 5.69 Å². The third kappa shape index (κ3) is 8.67. The second-order valence-corrected chi connectivity index (χ2v) is 9.50. The average Bonchev–Trinajstić information content (AvgIpc) is 2.65. The van der Waals surface area contributed by atoms with E-state index in [-0.39, 0.29) is 19.5 Å². The highest BCUT2D eigenvalue weighted by Gasteiger charge is 2.27. The van der Waals surface area contributed by atoms with E-state index in [1.807, 2.05) is 13.8 Å². The van der Waals surface area contributed by atoms with Crippen LogP contribution in [0.4, 0.5) is 5.69 Å². The zero-order valence-corrected chi connectivity index (χ0v) is 19.2. The van der Waals surface area contributed by atoms with E-state index in [9.17, 15) is 4.79 Å². The Kier molecular flexibility index (Phi) is 14.7. The number of nitrogens with one attached hydrogen (secondary N) is 1. The summed E-state index contributed by atoms with van der Waals surface area (Å²) in [5.74, 6) is 0.257. The van der Waals surface area contributed by atoms with E-state index in [0.717, 1.165) is 29.7 Å². The van der Waals surface area contributed by atoms with E-state index >= 15 is 0 Å². The zero-order chi connectivity index (χ0) is 19.9. The van der Waals surface area contributed by atoms with Gasteiger partial charge in [0.2, 0.25) is 5.91 Å². The Bertz CT molecular complexity index is 473. The van der Waals surface area contributed by atoms with Crippen LogP contribution < -0.4 is 5.32 Å². The molecular formula is C23H42NOP. The van der Waals surface area contributed by atoms with Crippen molar-refractivity contribution < 1.29 is 4.79 Å². The summed E-state index contributed by atoms with van der Waals surface area (Å²) in [6, 6.07) is 6.21. The number of amides is 1. The first-order valence-corrected chi connectivity index (χ1v) is 12.4. The number of benzene rings is 1. The molecule has 0 fully saturated rings. The van der Waals surface area contributed by atoms with Gasteiger partial charge < -0.3 is 5.32 Å². The SMILES string of the molecule is CC.CCCCP(CCCC)C(CCC)C(=O)Nc1c(C)cccc1C. The number of rotatable bonds is 11. The van der Waals surface area contributed by atoms with Crippen molar-refractivity contribution in [1.29, 1.82) is 0 Å². The Morgan fingerprint density at radius 2 is 1.46 bits per heavy atom. The lowest BCUT2D eigenvalue weighted by Gasteiger charge is -2.27. The van der Waals surface area contributed by atoms with Gasteiger partial charge in [0.15, 0.2) is 0 Å². The molecule has 3 heteroatoms. The summed E-state index contributed by atoms with van der Waals surface area (Å²) in [7, 11) is -0.209. The molecule has 2 nitrogen and oxygen atoms in total. The number of hydrogen-bond donors (Lipinski definition) is 1. The van der Waals surface area contributed by atoms with Crippen LogP contribution in [0.3, 0.4) is 0 Å². The minimum absolute atomic E-state index is 0.209. The molecule has 150 valence electrons. The van der Waals surface area contributed by atoms with Crippen molar-refractivity contribution in [3.63, 3.8) is 0 Å². The number of carbonyl (C=O) groups is 1. The first-order chi connectivity index (χ1) is 12.5. The molecule has 0 heterocycles. The van der Waals surface area contributed by atoms with Crippen LogP contribution >= 0.6 is 7.92 Å². The lowest BCUT2D eigenvalue weighted by Crippen LogP contribution is -2.28. The topological polar surface area (TPSA) is 29.1 Å². The van der Waals surface area contributed by atoms with Crippen LogP contribution in [0.1, 0.15) is 84.3 Å². The predicted octanol–water partition coefficient (Wildman–Crippen LogP) is 7.52. The third-order valence-corrected chi connectivity index (χ3v) is 7.79. The first-order valence-electron chi connectivity index (χ1n) is 10.7. The normalized spacial score (nSPS) is 11.7. The molecule has 0 radical (unpaired) electrons. The van der Waals surface area contributed by atoms with Crippen LogP contribution in [0.15, 0.2) is 18.2 Å². The van der Waals surface area contributed by atoms with Crippen molar-refractivity contribution in [2.45, 2.75) is 92.7 Å². The minimum Gasteiger partial charge on any atom is -0.325 e. The Balaban J connectivity index is 0.00000301. The van der Waals surface area contributed by atoms with Gasteiger partial charge in [0.25, 0.3) is 0 Å². The number of carbonyl (C=O) groups excluding carboxylic acids is 1. The molecular weight excluding hydrogens is 337 g/mol. The average molecular weight is 380 g/mol. The predicted molar refractivity (Wildman–Crippen MR) is 121 cm³/mol. The number of para-hydroxylation sites is 1. The number of unbranched alkanes of at least 4 members (excludes halogenated alkanes) is 2. The first kappa shape index (κ1) is 25.1. The molecule has 1 unspecified atom stereocenters. The summed E-state index contributed by atoms with van der Waals surface area (Å²) in [6.07, 6.45) is 9.56. The largest absolute Gasteiger partial charge is 0.325 e. The van der Waals surface area contributed by atoms with Crippen molar-refractivity contribution in [3.8, 4) is 0 Å². The fourth-order valence-electron chi connectivity index (χ4n) is 3.12. The fourth-order valence-corrected chi connectivity index (χ4v) is 6.43. The Morgan fingerprint density at radius 3 is 1.88 bits per heavy atom. The van der Waals surface area contributed by atoms with Gasteiger partial charge in [-0.1, -0.05) is 80.0 Å². The maximum absolute atomic E-state index is 13.1. The third-order valence-electron chi connectivity index (χ3n) is 4.63. The summed E-state index contributed by atoms with van der Waals surface area (Å²) >= 11 is 0. The summed E-state index contributed by atoms with van der Waals surface area (Å²) in [5, 5.41) is 3.27. The Hall–Kier alpha value is -0.880. The monoisotopic (exact) mass is 379 g/mol. The standard InChI is InChI=1S/C21H36NOP.C2H6/c1-6-9-15-24(16-10-7-2)19(12-8-3)21(23)22-20-17(4)13-11-14-18(20)5;1-2/h11,13-14,19H,6-10,12,15-16H2,1-5H3,(H,22,23);1-2H3. The van der Waals surface area contributed by atoms with Gasteiger partial charge in [-0.15, -0.1) is 0 Å². The van der Waals surface area contributed by atoms with Gasteiger partial charge in [0.1, 0.15) is 0 Å². The highest BCUT2D eigenvalue weighted by molar-refractivity contribution is 7.59. The Labute approximate surface area is 164 Å². The summed E-state index contributed by atoms with van der Waals surface area (Å²) in [5.41, 5.74) is 3.54. The highest BCUT2D eigenvalue weighted by Crippen LogP contribution is 2.46. The molecule has 0 saturated carbocycles. The lowest BCUT2D eigenvalue weighted by molar-refractivity contribution is -0.115. The second-order valence-electron chi connectivity index (χ2n) is 6.80. The van der Waals surface area contributed by atoms with Gasteiger partial charge in [-0.2, -0.15) is 0 Å². The van der Waals surface area contributed by atoms with Crippen LogP contribution in [0.5, 0.6) is 0 Å². The molecule has 0 aliphatic rings. The minimum atomic E-state index is -0.209. The van der Waals surface area contributed by atoms with Gasteiger partial charge in [-0.05, 0) is 56.6 Å². The molecule has 1 aromatic rings. The van der Waals surface area contributed by atoms with Crippen LogP contribution in [0.25, 0.3) is 0 Å². The molecule has 1 aromatic carbocycles. The summed E-state index contributed by atoms with van der Waals surface area (Å²) in [4.78, 5) is 13.1. The Morgan fingerprint density at radius 1 is 0.962 bits per heavy atom. The summed E-state index contributed by atoms with van der Waals surface area (Å²) in [6.45, 7) is 14.9. The van der Waals surface area contributed by atoms with E-state index in [4.69, 9.17) is 0 Å². The van der Waals surface area contributed by atoms with Gasteiger partial charge in [0.05, 0.1) is 5.66 Å². The molecule has 1 amide bonds. The van der Waals surface area contributed by atoms with Crippen molar-refractivity contribution in [3.05, 3.63) is 29.3 Å². The van der Waals surface area contributed by atoms with E-state index in [0.29, 0.717) is 0 Å². The molecule has 1 atom stereocenters. The van der Waals surface area contributed by atoms with Gasteiger partial charge >= 0.3 is 0 Å². The second kappa shape index (κ2) is 15.2. The molecule has 0 bridgehead atoms. The summed E-state index contributed by atoms with van der Waals surface area (Å²) < 4.78 is 0. The number of anilines is 1. The maximum Gasteiger partial charge on any atom is 0.231 e. The number of hydrogen-bond acceptors (Lipinski definition) is 1. The van der Waals surface area contributed by atoms with Crippen LogP contribution in [0, 0.1) is 13.8 Å². The molecule has 0 aliphatic heterocycles. The van der Waals surface area contributed by atoms with Gasteiger partial charge in [-0.25, -0.2) is 0 Å². The van der Waals surface area contributed by atoms with Crippen molar-refractivity contribution in [2.24, 2.45) is 0 Å². The van der Waals surface area contributed by atoms with Crippen LogP contribution in [0.2, 0.25) is 0 Å². The highest BCUT2D eigenvalue weighted by atomic mass is 31.1. The molecule has 0 saturated heterocycles. The van der Waals surface area contributed by atoms with Crippen LogP contribution in [-0.2, 0) is 4.79 Å². The van der Waals surface area contributed by atoms with E-state index in [2.05, 4.69) is 58.1 Å². The molecule has 1 rings (SSSR count). The van der Waals surface area contributed by atoms with Crippen molar-refractivity contribution in [2.75, 3.05) is 17.6 Å². The quantitative estimate of drug-likeness (QED) is 0.396.